The van der Waals surface area contributed by atoms with Crippen LogP contribution in [-0.4, -0.2) is 20.7 Å². The van der Waals surface area contributed by atoms with Gasteiger partial charge in [-0.15, -0.1) is 11.3 Å². The molecular weight excluding hydrogens is 332 g/mol. The first-order chi connectivity index (χ1) is 11.2. The van der Waals surface area contributed by atoms with E-state index in [0.717, 1.165) is 16.1 Å². The molecule has 1 N–H and O–H groups in total. The fourth-order valence-electron chi connectivity index (χ4n) is 2.19. The van der Waals surface area contributed by atoms with E-state index in [1.54, 1.807) is 23.1 Å². The van der Waals surface area contributed by atoms with Gasteiger partial charge in [0.15, 0.2) is 5.69 Å². The smallest absolute Gasteiger partial charge is 0.272 e. The lowest BCUT2D eigenvalue weighted by Gasteiger charge is -2.02. The van der Waals surface area contributed by atoms with Gasteiger partial charge in [-0.1, -0.05) is 17.7 Å². The van der Waals surface area contributed by atoms with Crippen molar-refractivity contribution >= 4 is 28.8 Å². The predicted molar refractivity (Wildman–Crippen MR) is 91.6 cm³/mol. The van der Waals surface area contributed by atoms with E-state index in [4.69, 9.17) is 11.6 Å². The van der Waals surface area contributed by atoms with Crippen molar-refractivity contribution in [1.29, 1.82) is 0 Å². The van der Waals surface area contributed by atoms with Crippen LogP contribution in [0.1, 0.15) is 23.0 Å². The molecule has 0 spiro atoms. The summed E-state index contributed by atoms with van der Waals surface area (Å²) in [6.45, 7) is 3.09. The lowest BCUT2D eigenvalue weighted by Crippen LogP contribution is -2.23. The Kier molecular flexibility index (Phi) is 4.73. The van der Waals surface area contributed by atoms with Gasteiger partial charge in [0.2, 0.25) is 0 Å². The summed E-state index contributed by atoms with van der Waals surface area (Å²) in [4.78, 5) is 17.3. The van der Waals surface area contributed by atoms with Gasteiger partial charge in [0.25, 0.3) is 5.91 Å². The number of aryl methyl sites for hydroxylation is 1. The standard InChI is InChI=1S/C16H15ClN4OS/c1-2-21-13(14-5-6-15(17)23-14)8-12(20-21)16(22)19-10-11-4-3-7-18-9-11/h3-9H,2,10H2,1H3,(H,19,22). The minimum atomic E-state index is -0.204. The molecule has 1 amide bonds. The van der Waals surface area contributed by atoms with E-state index in [2.05, 4.69) is 15.4 Å². The Morgan fingerprint density at radius 2 is 2.26 bits per heavy atom. The Labute approximate surface area is 142 Å². The maximum absolute atomic E-state index is 12.3. The molecular formula is C16H15ClN4OS. The highest BCUT2D eigenvalue weighted by atomic mass is 35.5. The molecule has 0 aliphatic heterocycles. The van der Waals surface area contributed by atoms with E-state index in [1.165, 1.54) is 11.3 Å². The number of hydrogen-bond donors (Lipinski definition) is 1. The third-order valence-corrected chi connectivity index (χ3v) is 4.57. The third-order valence-electron chi connectivity index (χ3n) is 3.31. The number of amides is 1. The second-order valence-corrected chi connectivity index (χ2v) is 6.59. The fourth-order valence-corrected chi connectivity index (χ4v) is 3.26. The van der Waals surface area contributed by atoms with Crippen molar-refractivity contribution < 1.29 is 4.79 Å². The molecule has 3 aromatic heterocycles. The molecule has 23 heavy (non-hydrogen) atoms. The predicted octanol–water partition coefficient (Wildman–Crippen LogP) is 3.61. The summed E-state index contributed by atoms with van der Waals surface area (Å²) >= 11 is 7.47. The molecule has 0 aliphatic carbocycles. The van der Waals surface area contributed by atoms with Crippen LogP contribution in [0, 0.1) is 0 Å². The molecule has 0 saturated heterocycles. The molecule has 3 heterocycles. The molecule has 3 rings (SSSR count). The molecule has 0 atom stereocenters. The van der Waals surface area contributed by atoms with E-state index in [0.29, 0.717) is 23.1 Å². The molecule has 5 nitrogen and oxygen atoms in total. The Hall–Kier alpha value is -2.18. The van der Waals surface area contributed by atoms with Crippen molar-refractivity contribution in [1.82, 2.24) is 20.1 Å². The van der Waals surface area contributed by atoms with E-state index in [1.807, 2.05) is 31.2 Å². The SMILES string of the molecule is CCn1nc(C(=O)NCc2cccnc2)cc1-c1ccc(Cl)s1. The maximum atomic E-state index is 12.3. The zero-order valence-electron chi connectivity index (χ0n) is 12.5. The molecule has 0 saturated carbocycles. The molecule has 0 aromatic carbocycles. The summed E-state index contributed by atoms with van der Waals surface area (Å²) in [6, 6.07) is 9.33. The topological polar surface area (TPSA) is 59.8 Å². The second-order valence-electron chi connectivity index (χ2n) is 4.88. The van der Waals surface area contributed by atoms with Gasteiger partial charge in [0.05, 0.1) is 14.9 Å². The zero-order chi connectivity index (χ0) is 16.2. The first kappa shape index (κ1) is 15.7. The summed E-state index contributed by atoms with van der Waals surface area (Å²) < 4.78 is 2.52. The molecule has 0 bridgehead atoms. The van der Waals surface area contributed by atoms with Crippen LogP contribution in [0.2, 0.25) is 4.34 Å². The van der Waals surface area contributed by atoms with Gasteiger partial charge in [0.1, 0.15) is 0 Å². The van der Waals surface area contributed by atoms with Gasteiger partial charge in [-0.05, 0) is 36.8 Å². The van der Waals surface area contributed by atoms with Crippen LogP contribution in [0.15, 0.2) is 42.7 Å². The van der Waals surface area contributed by atoms with Crippen LogP contribution >= 0.6 is 22.9 Å². The normalized spacial score (nSPS) is 10.7. The lowest BCUT2D eigenvalue weighted by molar-refractivity contribution is 0.0945. The van der Waals surface area contributed by atoms with Crippen LogP contribution in [0.4, 0.5) is 0 Å². The maximum Gasteiger partial charge on any atom is 0.272 e. The van der Waals surface area contributed by atoms with E-state index in [9.17, 15) is 4.79 Å². The van der Waals surface area contributed by atoms with Gasteiger partial charge in [-0.2, -0.15) is 5.10 Å². The Balaban J connectivity index is 1.77. The van der Waals surface area contributed by atoms with Crippen LogP contribution in [0.25, 0.3) is 10.6 Å². The number of hydrogen-bond acceptors (Lipinski definition) is 4. The molecule has 0 aliphatic rings. The van der Waals surface area contributed by atoms with Crippen LogP contribution in [0.3, 0.4) is 0 Å². The summed E-state index contributed by atoms with van der Waals surface area (Å²) in [6.07, 6.45) is 3.43. The molecule has 0 unspecified atom stereocenters. The number of thiophene rings is 1. The first-order valence-corrected chi connectivity index (χ1v) is 8.37. The fraction of sp³-hybridized carbons (Fsp3) is 0.188. The quantitative estimate of drug-likeness (QED) is 0.767. The Morgan fingerprint density at radius 3 is 2.91 bits per heavy atom. The molecule has 0 fully saturated rings. The highest BCUT2D eigenvalue weighted by Crippen LogP contribution is 2.31. The molecule has 7 heteroatoms. The van der Waals surface area contributed by atoms with Gasteiger partial charge < -0.3 is 5.32 Å². The summed E-state index contributed by atoms with van der Waals surface area (Å²) in [5, 5.41) is 7.24. The van der Waals surface area contributed by atoms with Gasteiger partial charge in [0, 0.05) is 25.5 Å². The number of aromatic nitrogens is 3. The average molecular weight is 347 g/mol. The number of nitrogens with one attached hydrogen (secondary N) is 1. The number of pyridine rings is 1. The molecule has 0 radical (unpaired) electrons. The summed E-state index contributed by atoms with van der Waals surface area (Å²) in [5.41, 5.74) is 2.24. The van der Waals surface area contributed by atoms with Crippen molar-refractivity contribution in [2.45, 2.75) is 20.0 Å². The van der Waals surface area contributed by atoms with Gasteiger partial charge >= 0.3 is 0 Å². The molecule has 118 valence electrons. The van der Waals surface area contributed by atoms with Gasteiger partial charge in [-0.3, -0.25) is 14.5 Å². The lowest BCUT2D eigenvalue weighted by atomic mass is 10.2. The largest absolute Gasteiger partial charge is 0.347 e. The van der Waals surface area contributed by atoms with Crippen LogP contribution in [0.5, 0.6) is 0 Å². The number of nitrogens with zero attached hydrogens (tertiary/aromatic N) is 3. The number of rotatable bonds is 5. The van der Waals surface area contributed by atoms with Crippen molar-refractivity contribution in [3.63, 3.8) is 0 Å². The Morgan fingerprint density at radius 1 is 1.39 bits per heavy atom. The van der Waals surface area contributed by atoms with Crippen molar-refractivity contribution in [3.8, 4) is 10.6 Å². The van der Waals surface area contributed by atoms with E-state index >= 15 is 0 Å². The van der Waals surface area contributed by atoms with Crippen molar-refractivity contribution in [3.05, 3.63) is 58.3 Å². The highest BCUT2D eigenvalue weighted by molar-refractivity contribution is 7.19. The van der Waals surface area contributed by atoms with Gasteiger partial charge in [-0.25, -0.2) is 0 Å². The average Bonchev–Trinajstić information content (AvgIpc) is 3.19. The minimum Gasteiger partial charge on any atom is -0.347 e. The van der Waals surface area contributed by atoms with E-state index in [-0.39, 0.29) is 5.91 Å². The Bertz CT molecular complexity index is 813. The highest BCUT2D eigenvalue weighted by Gasteiger charge is 2.16. The molecule has 3 aromatic rings. The zero-order valence-corrected chi connectivity index (χ0v) is 14.1. The monoisotopic (exact) mass is 346 g/mol. The van der Waals surface area contributed by atoms with Crippen molar-refractivity contribution in [2.24, 2.45) is 0 Å². The van der Waals surface area contributed by atoms with Crippen LogP contribution < -0.4 is 5.32 Å². The van der Waals surface area contributed by atoms with Crippen molar-refractivity contribution in [2.75, 3.05) is 0 Å². The minimum absolute atomic E-state index is 0.204. The van der Waals surface area contributed by atoms with Crippen LogP contribution in [-0.2, 0) is 13.1 Å². The summed E-state index contributed by atoms with van der Waals surface area (Å²) in [5.74, 6) is -0.204. The second kappa shape index (κ2) is 6.93. The first-order valence-electron chi connectivity index (χ1n) is 7.18. The number of carbonyl (C=O) groups is 1. The van der Waals surface area contributed by atoms with E-state index < -0.39 is 0 Å². The number of carbonyl (C=O) groups excluding carboxylic acids is 1. The number of halogens is 1. The third kappa shape index (κ3) is 3.60. The summed E-state index contributed by atoms with van der Waals surface area (Å²) in [7, 11) is 0.